The highest BCUT2D eigenvalue weighted by Crippen LogP contribution is 1.99. The van der Waals surface area contributed by atoms with Crippen molar-refractivity contribution in [3.63, 3.8) is 0 Å². The van der Waals surface area contributed by atoms with Crippen molar-refractivity contribution in [2.45, 2.75) is 19.9 Å². The normalized spacial score (nSPS) is 17.4. The molecule has 0 bridgehead atoms. The van der Waals surface area contributed by atoms with E-state index in [2.05, 4.69) is 0 Å². The first-order valence-corrected chi connectivity index (χ1v) is 2.83. The summed E-state index contributed by atoms with van der Waals surface area (Å²) in [6.45, 7) is 3.68. The summed E-state index contributed by atoms with van der Waals surface area (Å²) in [6, 6.07) is -0.479. The molecule has 0 aromatic rings. The summed E-state index contributed by atoms with van der Waals surface area (Å²) in [6.07, 6.45) is 0. The van der Waals surface area contributed by atoms with E-state index >= 15 is 0 Å². The number of quaternary nitrogens is 1. The highest BCUT2D eigenvalue weighted by molar-refractivity contribution is 5.63. The van der Waals surface area contributed by atoms with Crippen molar-refractivity contribution in [2.24, 2.45) is 11.6 Å². The van der Waals surface area contributed by atoms with Gasteiger partial charge in [0, 0.05) is 0 Å². The second-order valence-electron chi connectivity index (χ2n) is 2.58. The van der Waals surface area contributed by atoms with Crippen molar-refractivity contribution in [3.8, 4) is 0 Å². The lowest BCUT2D eigenvalue weighted by Gasteiger charge is -2.26. The smallest absolute Gasteiger partial charge is 0.317 e. The van der Waals surface area contributed by atoms with Gasteiger partial charge in [0.15, 0.2) is 0 Å². The van der Waals surface area contributed by atoms with Crippen molar-refractivity contribution in [1.82, 2.24) is 0 Å². The molecule has 0 saturated heterocycles. The van der Waals surface area contributed by atoms with Gasteiger partial charge in [-0.3, -0.25) is 0 Å². The third-order valence-corrected chi connectivity index (χ3v) is 1.55. The summed E-state index contributed by atoms with van der Waals surface area (Å²) in [5, 5.41) is 0. The molecule has 0 aromatic heterocycles. The Morgan fingerprint density at radius 3 is 1.89 bits per heavy atom. The van der Waals surface area contributed by atoms with Gasteiger partial charge in [-0.2, -0.15) is 10.4 Å². The molecule has 1 unspecified atom stereocenters. The van der Waals surface area contributed by atoms with E-state index in [1.165, 1.54) is 0 Å². The molecule has 0 heterocycles. The molecule has 1 atom stereocenters. The summed E-state index contributed by atoms with van der Waals surface area (Å²) in [7, 11) is 1.58. The second-order valence-corrected chi connectivity index (χ2v) is 2.58. The molecule has 4 N–H and O–H groups in total. The minimum Gasteiger partial charge on any atom is -0.317 e. The Bertz CT molecular complexity index is 119. The van der Waals surface area contributed by atoms with Crippen LogP contribution in [0.3, 0.4) is 0 Å². The average Bonchev–Trinajstić information content (AvgIpc) is 1.65. The molecule has 4 nitrogen and oxygen atoms in total. The van der Waals surface area contributed by atoms with Gasteiger partial charge in [-0.1, -0.05) is 0 Å². The summed E-state index contributed by atoms with van der Waals surface area (Å²) in [5.74, 6) is 5.47. The number of carbonyl (C=O) groups is 1. The molecule has 0 spiro atoms. The Balaban J connectivity index is 4.19. The van der Waals surface area contributed by atoms with E-state index in [-0.39, 0.29) is 10.6 Å². The van der Waals surface area contributed by atoms with Crippen molar-refractivity contribution in [2.75, 3.05) is 7.05 Å². The van der Waals surface area contributed by atoms with Gasteiger partial charge in [0.25, 0.3) is 0 Å². The molecule has 0 aliphatic rings. The van der Waals surface area contributed by atoms with Gasteiger partial charge in [-0.05, 0) is 13.8 Å². The maximum Gasteiger partial charge on any atom is 0.433 e. The van der Waals surface area contributed by atoms with E-state index in [4.69, 9.17) is 11.6 Å². The number of amides is 2. The molecule has 4 heteroatoms. The number of carbonyl (C=O) groups excluding carboxylic acids is 1. The van der Waals surface area contributed by atoms with E-state index in [1.807, 2.05) is 13.8 Å². The minimum absolute atomic E-state index is 0.0301. The number of primary amides is 1. The number of hydrogen-bond acceptors (Lipinski definition) is 2. The fraction of sp³-hybridized carbons (Fsp3) is 0.800. The lowest BCUT2D eigenvalue weighted by atomic mass is 10.3. The van der Waals surface area contributed by atoms with Crippen LogP contribution in [0.5, 0.6) is 0 Å². The fourth-order valence-corrected chi connectivity index (χ4v) is 0.254. The van der Waals surface area contributed by atoms with E-state index in [0.29, 0.717) is 0 Å². The van der Waals surface area contributed by atoms with Crippen LogP contribution in [0, 0.1) is 0 Å². The third-order valence-electron chi connectivity index (χ3n) is 1.55. The maximum atomic E-state index is 10.5. The van der Waals surface area contributed by atoms with Crippen LogP contribution in [0.2, 0.25) is 0 Å². The standard InChI is InChI=1S/C5H13N3O/c1-4(2)8(3,7)5(6)9/h4H,7H2,1-3H3,(H-,6,9)/p+1. The number of hydrogen-bond donors (Lipinski definition) is 2. The van der Waals surface area contributed by atoms with E-state index < -0.39 is 6.03 Å². The van der Waals surface area contributed by atoms with Gasteiger partial charge in [0.2, 0.25) is 0 Å². The first kappa shape index (κ1) is 8.39. The average molecular weight is 132 g/mol. The molecular formula is C5H14N3O+. The van der Waals surface area contributed by atoms with Crippen LogP contribution in [-0.4, -0.2) is 23.7 Å². The highest BCUT2D eigenvalue weighted by Gasteiger charge is 2.28. The number of rotatable bonds is 1. The maximum absolute atomic E-state index is 10.5. The van der Waals surface area contributed by atoms with Gasteiger partial charge >= 0.3 is 6.03 Å². The number of urea groups is 1. The summed E-state index contributed by atoms with van der Waals surface area (Å²) in [4.78, 5) is 10.5. The predicted molar refractivity (Wildman–Crippen MR) is 35.1 cm³/mol. The molecule has 0 aliphatic heterocycles. The fourth-order valence-electron chi connectivity index (χ4n) is 0.254. The summed E-state index contributed by atoms with van der Waals surface area (Å²) in [5.41, 5.74) is 4.98. The molecule has 0 aromatic carbocycles. The summed E-state index contributed by atoms with van der Waals surface area (Å²) >= 11 is 0. The van der Waals surface area contributed by atoms with Crippen LogP contribution in [0.4, 0.5) is 4.79 Å². The topological polar surface area (TPSA) is 69.1 Å². The summed E-state index contributed by atoms with van der Waals surface area (Å²) < 4.78 is -0.250. The molecule has 0 radical (unpaired) electrons. The lowest BCUT2D eigenvalue weighted by molar-refractivity contribution is -0.863. The van der Waals surface area contributed by atoms with Crippen molar-refractivity contribution >= 4 is 6.03 Å². The van der Waals surface area contributed by atoms with Crippen molar-refractivity contribution in [1.29, 1.82) is 0 Å². The Kier molecular flexibility index (Phi) is 2.17. The quantitative estimate of drug-likeness (QED) is 0.224. The molecule has 0 fully saturated rings. The number of nitrogens with zero attached hydrogens (tertiary/aromatic N) is 1. The van der Waals surface area contributed by atoms with Crippen molar-refractivity contribution < 1.29 is 9.39 Å². The molecule has 2 amide bonds. The van der Waals surface area contributed by atoms with Crippen LogP contribution in [0.1, 0.15) is 13.8 Å². The zero-order valence-electron chi connectivity index (χ0n) is 6.09. The molecule has 0 saturated carbocycles. The van der Waals surface area contributed by atoms with Crippen LogP contribution in [0.25, 0.3) is 0 Å². The van der Waals surface area contributed by atoms with Crippen LogP contribution in [0.15, 0.2) is 0 Å². The Labute approximate surface area is 55.0 Å². The molecular weight excluding hydrogens is 118 g/mol. The van der Waals surface area contributed by atoms with Gasteiger partial charge in [0.1, 0.15) is 6.04 Å². The van der Waals surface area contributed by atoms with Gasteiger partial charge < -0.3 is 5.73 Å². The van der Waals surface area contributed by atoms with Crippen LogP contribution in [-0.2, 0) is 0 Å². The lowest BCUT2D eigenvalue weighted by Crippen LogP contribution is -2.62. The largest absolute Gasteiger partial charge is 0.433 e. The zero-order chi connectivity index (χ0) is 7.65. The van der Waals surface area contributed by atoms with E-state index in [9.17, 15) is 4.79 Å². The molecule has 0 aliphatic carbocycles. The molecule has 54 valence electrons. The van der Waals surface area contributed by atoms with Crippen LogP contribution >= 0.6 is 0 Å². The Morgan fingerprint density at radius 2 is 1.89 bits per heavy atom. The first-order valence-electron chi connectivity index (χ1n) is 2.83. The predicted octanol–water partition coefficient (Wildman–Crippen LogP) is -0.206. The second kappa shape index (κ2) is 2.33. The van der Waals surface area contributed by atoms with Gasteiger partial charge in [0.05, 0.1) is 7.05 Å². The molecule has 0 rings (SSSR count). The van der Waals surface area contributed by atoms with Gasteiger partial charge in [-0.15, -0.1) is 0 Å². The van der Waals surface area contributed by atoms with Gasteiger partial charge in [-0.25, -0.2) is 4.79 Å². The first-order chi connectivity index (χ1) is 3.89. The van der Waals surface area contributed by atoms with E-state index in [1.54, 1.807) is 7.05 Å². The molecule has 9 heavy (non-hydrogen) atoms. The number of nitrogens with two attached hydrogens (primary N) is 2. The zero-order valence-corrected chi connectivity index (χ0v) is 6.09. The minimum atomic E-state index is -0.509. The Hall–Kier alpha value is -0.610. The van der Waals surface area contributed by atoms with Crippen molar-refractivity contribution in [3.05, 3.63) is 0 Å². The third kappa shape index (κ3) is 1.65. The monoisotopic (exact) mass is 132 g/mol. The van der Waals surface area contributed by atoms with Crippen LogP contribution < -0.4 is 11.6 Å². The Morgan fingerprint density at radius 1 is 1.56 bits per heavy atom. The van der Waals surface area contributed by atoms with E-state index in [0.717, 1.165) is 0 Å². The SMILES string of the molecule is CC(C)[N+](C)(N)C(N)=O. The highest BCUT2D eigenvalue weighted by atomic mass is 16.2.